The van der Waals surface area contributed by atoms with Gasteiger partial charge >= 0.3 is 6.18 Å². The van der Waals surface area contributed by atoms with Gasteiger partial charge in [-0.3, -0.25) is 4.68 Å². The van der Waals surface area contributed by atoms with Crippen molar-refractivity contribution in [3.05, 3.63) is 23.7 Å². The van der Waals surface area contributed by atoms with E-state index in [-0.39, 0.29) is 17.8 Å². The molecule has 7 nitrogen and oxygen atoms in total. The van der Waals surface area contributed by atoms with Crippen LogP contribution in [-0.2, 0) is 6.18 Å². The smallest absolute Gasteiger partial charge is 0.370 e. The topological polar surface area (TPSA) is 91.5 Å². The van der Waals surface area contributed by atoms with Crippen LogP contribution in [0, 0.1) is 23.7 Å². The third kappa shape index (κ3) is 3.29. The van der Waals surface area contributed by atoms with E-state index in [2.05, 4.69) is 31.8 Å². The van der Waals surface area contributed by atoms with Crippen LogP contribution in [0.15, 0.2) is 12.4 Å². The number of aryl methyl sites for hydroxylation is 1. The van der Waals surface area contributed by atoms with Gasteiger partial charge in [0, 0.05) is 18.9 Å². The number of anilines is 3. The van der Waals surface area contributed by atoms with Gasteiger partial charge in [0.25, 0.3) is 0 Å². The van der Waals surface area contributed by atoms with Crippen molar-refractivity contribution in [2.45, 2.75) is 39.4 Å². The number of nitrogens with zero attached hydrogens (tertiary/aromatic N) is 5. The zero-order chi connectivity index (χ0) is 19.1. The van der Waals surface area contributed by atoms with Crippen LogP contribution in [0.4, 0.5) is 30.6 Å². The second kappa shape index (κ2) is 6.16. The second-order valence-corrected chi connectivity index (χ2v) is 6.47. The Hall–Kier alpha value is -2.83. The van der Waals surface area contributed by atoms with Crippen LogP contribution in [0.1, 0.15) is 37.6 Å². The molecule has 10 heteroatoms. The predicted octanol–water partition coefficient (Wildman–Crippen LogP) is 3.65. The lowest BCUT2D eigenvalue weighted by Crippen LogP contribution is -2.14. The first kappa shape index (κ1) is 18.0. The molecule has 2 atom stereocenters. The zero-order valence-electron chi connectivity index (χ0n) is 14.5. The Labute approximate surface area is 148 Å². The van der Waals surface area contributed by atoms with Crippen molar-refractivity contribution in [3.63, 3.8) is 0 Å². The molecule has 0 saturated heterocycles. The van der Waals surface area contributed by atoms with Gasteiger partial charge in [-0.05, 0) is 27.2 Å². The Morgan fingerprint density at radius 1 is 1.46 bits per heavy atom. The molecule has 2 aromatic rings. The maximum Gasteiger partial charge on any atom is 0.421 e. The van der Waals surface area contributed by atoms with Crippen molar-refractivity contribution in [1.29, 1.82) is 5.26 Å². The molecule has 1 aliphatic carbocycles. The number of halogens is 3. The maximum atomic E-state index is 13.0. The molecule has 0 aromatic carbocycles. The number of aromatic nitrogens is 4. The quantitative estimate of drug-likeness (QED) is 0.840. The van der Waals surface area contributed by atoms with E-state index in [0.29, 0.717) is 24.3 Å². The highest BCUT2D eigenvalue weighted by molar-refractivity contribution is 5.58. The van der Waals surface area contributed by atoms with Crippen molar-refractivity contribution in [1.82, 2.24) is 19.7 Å². The monoisotopic (exact) mass is 365 g/mol. The summed E-state index contributed by atoms with van der Waals surface area (Å²) in [5.41, 5.74) is -0.121. The molecule has 0 radical (unpaired) electrons. The molecular formula is C16H18F3N7. The maximum absolute atomic E-state index is 13.0. The fraction of sp³-hybridized carbons (Fsp3) is 0.500. The van der Waals surface area contributed by atoms with Gasteiger partial charge in [-0.15, -0.1) is 0 Å². The molecule has 0 amide bonds. The minimum absolute atomic E-state index is 0.00686. The highest BCUT2D eigenvalue weighted by Crippen LogP contribution is 2.55. The molecule has 138 valence electrons. The molecule has 2 aromatic heterocycles. The lowest BCUT2D eigenvalue weighted by atomic mass is 10.2. The van der Waals surface area contributed by atoms with Gasteiger partial charge in [0.15, 0.2) is 0 Å². The summed E-state index contributed by atoms with van der Waals surface area (Å²) >= 11 is 0. The van der Waals surface area contributed by atoms with E-state index in [1.54, 1.807) is 24.7 Å². The lowest BCUT2D eigenvalue weighted by Gasteiger charge is -2.13. The minimum atomic E-state index is -4.54. The fourth-order valence-corrected chi connectivity index (χ4v) is 2.68. The van der Waals surface area contributed by atoms with E-state index in [4.69, 9.17) is 5.26 Å². The predicted molar refractivity (Wildman–Crippen MR) is 88.8 cm³/mol. The van der Waals surface area contributed by atoms with Gasteiger partial charge in [-0.1, -0.05) is 0 Å². The van der Waals surface area contributed by atoms with E-state index < -0.39 is 17.2 Å². The fourth-order valence-electron chi connectivity index (χ4n) is 2.68. The summed E-state index contributed by atoms with van der Waals surface area (Å²) in [6, 6.07) is 2.26. The Bertz CT molecular complexity index is 868. The largest absolute Gasteiger partial charge is 0.421 e. The Morgan fingerprint density at radius 3 is 2.77 bits per heavy atom. The Kier molecular flexibility index (Phi) is 4.26. The summed E-state index contributed by atoms with van der Waals surface area (Å²) in [6.45, 7) is 5.61. The van der Waals surface area contributed by atoms with E-state index in [1.165, 1.54) is 0 Å². The van der Waals surface area contributed by atoms with Gasteiger partial charge in [-0.2, -0.15) is 28.5 Å². The van der Waals surface area contributed by atoms with Crippen molar-refractivity contribution in [2.24, 2.45) is 5.41 Å². The van der Waals surface area contributed by atoms with Crippen molar-refractivity contribution >= 4 is 17.5 Å². The third-order valence-electron chi connectivity index (χ3n) is 4.37. The van der Waals surface area contributed by atoms with Crippen LogP contribution in [0.5, 0.6) is 0 Å². The van der Waals surface area contributed by atoms with Crippen molar-refractivity contribution in [2.75, 3.05) is 17.2 Å². The summed E-state index contributed by atoms with van der Waals surface area (Å²) in [7, 11) is 0. The number of hydrogen-bond donors (Lipinski definition) is 2. The summed E-state index contributed by atoms with van der Waals surface area (Å²) in [6.07, 6.45) is -1.35. The van der Waals surface area contributed by atoms with E-state index >= 15 is 0 Å². The van der Waals surface area contributed by atoms with Crippen LogP contribution >= 0.6 is 0 Å². The molecule has 26 heavy (non-hydrogen) atoms. The number of hydrogen-bond acceptors (Lipinski definition) is 6. The molecule has 1 saturated carbocycles. The van der Waals surface area contributed by atoms with Gasteiger partial charge in [0.2, 0.25) is 5.95 Å². The molecule has 1 unspecified atom stereocenters. The van der Waals surface area contributed by atoms with Gasteiger partial charge in [-0.25, -0.2) is 4.98 Å². The van der Waals surface area contributed by atoms with Crippen molar-refractivity contribution < 1.29 is 13.2 Å². The molecule has 2 heterocycles. The zero-order valence-corrected chi connectivity index (χ0v) is 14.5. The summed E-state index contributed by atoms with van der Waals surface area (Å²) < 4.78 is 40.8. The van der Waals surface area contributed by atoms with E-state index in [9.17, 15) is 13.2 Å². The van der Waals surface area contributed by atoms with Crippen LogP contribution in [-0.4, -0.2) is 26.3 Å². The molecule has 1 fully saturated rings. The number of nitriles is 1. The Balaban J connectivity index is 1.85. The average molecular weight is 365 g/mol. The third-order valence-corrected chi connectivity index (χ3v) is 4.37. The van der Waals surface area contributed by atoms with Crippen LogP contribution in [0.3, 0.4) is 0 Å². The summed E-state index contributed by atoms with van der Waals surface area (Å²) in [5, 5.41) is 19.0. The first-order chi connectivity index (χ1) is 12.2. The SMILES string of the molecule is CCNc1nc(Nc2cn(C3C[C@@]3(C)C#N)nc2C)ncc1C(F)(F)F. The van der Waals surface area contributed by atoms with Crippen LogP contribution in [0.25, 0.3) is 0 Å². The average Bonchev–Trinajstić information content (AvgIpc) is 3.12. The molecule has 0 aliphatic heterocycles. The van der Waals surface area contributed by atoms with Crippen LogP contribution < -0.4 is 10.6 Å². The first-order valence-electron chi connectivity index (χ1n) is 8.10. The first-order valence-corrected chi connectivity index (χ1v) is 8.10. The molecule has 3 rings (SSSR count). The van der Waals surface area contributed by atoms with Crippen molar-refractivity contribution in [3.8, 4) is 6.07 Å². The van der Waals surface area contributed by atoms with E-state index in [0.717, 1.165) is 6.20 Å². The van der Waals surface area contributed by atoms with Gasteiger partial charge in [0.05, 0.1) is 28.9 Å². The summed E-state index contributed by atoms with van der Waals surface area (Å²) in [4.78, 5) is 7.70. The highest BCUT2D eigenvalue weighted by atomic mass is 19.4. The molecule has 0 spiro atoms. The van der Waals surface area contributed by atoms with Crippen LogP contribution in [0.2, 0.25) is 0 Å². The molecule has 0 bridgehead atoms. The molecule has 2 N–H and O–H groups in total. The Morgan fingerprint density at radius 2 is 2.19 bits per heavy atom. The normalized spacial score (nSPS) is 22.0. The van der Waals surface area contributed by atoms with Gasteiger partial charge in [0.1, 0.15) is 11.4 Å². The number of alkyl halides is 3. The van der Waals surface area contributed by atoms with E-state index in [1.807, 2.05) is 6.92 Å². The van der Waals surface area contributed by atoms with Gasteiger partial charge < -0.3 is 10.6 Å². The number of nitrogens with one attached hydrogen (secondary N) is 2. The number of rotatable bonds is 5. The highest BCUT2D eigenvalue weighted by Gasteiger charge is 2.53. The standard InChI is InChI=1S/C16H18F3N7/c1-4-21-13-10(16(17,18)19)6-22-14(24-13)23-11-7-26(25-9(11)2)12-5-15(12,3)8-20/h6-7,12H,4-5H2,1-3H3,(H2,21,22,23,24)/t12?,15-/m0/s1. The minimum Gasteiger partial charge on any atom is -0.370 e. The molecule has 1 aliphatic rings. The second-order valence-electron chi connectivity index (χ2n) is 6.47. The summed E-state index contributed by atoms with van der Waals surface area (Å²) in [5.74, 6) is -0.239. The lowest BCUT2D eigenvalue weighted by molar-refractivity contribution is -0.137. The molecular weight excluding hydrogens is 347 g/mol.